The Kier molecular flexibility index (Phi) is 2.27. The lowest BCUT2D eigenvalue weighted by Crippen LogP contribution is -2.51. The molecule has 1 N–H and O–H groups in total. The van der Waals surface area contributed by atoms with Crippen LogP contribution in [-0.4, -0.2) is 5.11 Å². The molecule has 3 rings (SSSR count). The topological polar surface area (TPSA) is 20.2 Å². The molecule has 0 heterocycles. The molecule has 2 saturated carbocycles. The molecule has 1 nitrogen and oxygen atoms in total. The Hall–Kier alpha value is -0.890. The first kappa shape index (κ1) is 12.2. The number of hydrogen-bond acceptors (Lipinski definition) is 1. The van der Waals surface area contributed by atoms with Gasteiger partial charge in [0.15, 0.2) is 0 Å². The van der Waals surface area contributed by atoms with Gasteiger partial charge in [-0.15, -0.1) is 0 Å². The Morgan fingerprint density at radius 2 is 1.89 bits per heavy atom. The van der Waals surface area contributed by atoms with E-state index in [0.717, 1.165) is 19.3 Å². The van der Waals surface area contributed by atoms with Crippen LogP contribution < -0.4 is 0 Å². The third-order valence-corrected chi connectivity index (χ3v) is 5.83. The van der Waals surface area contributed by atoms with Gasteiger partial charge in [0.05, 0.1) is 0 Å². The van der Waals surface area contributed by atoms with E-state index in [1.165, 1.54) is 6.07 Å². The van der Waals surface area contributed by atoms with Crippen molar-refractivity contribution in [3.8, 4) is 0 Å². The van der Waals surface area contributed by atoms with Crippen molar-refractivity contribution in [2.24, 2.45) is 16.7 Å². The van der Waals surface area contributed by atoms with E-state index in [4.69, 9.17) is 0 Å². The van der Waals surface area contributed by atoms with Crippen molar-refractivity contribution in [3.63, 3.8) is 0 Å². The Morgan fingerprint density at radius 1 is 1.22 bits per heavy atom. The van der Waals surface area contributed by atoms with E-state index in [1.807, 2.05) is 6.07 Å². The summed E-state index contributed by atoms with van der Waals surface area (Å²) in [6, 6.07) is 6.72. The van der Waals surface area contributed by atoms with Crippen LogP contribution in [0.1, 0.15) is 45.6 Å². The molecule has 3 atom stereocenters. The molecule has 98 valence electrons. The summed E-state index contributed by atoms with van der Waals surface area (Å²) in [5.41, 5.74) is -1.01. The molecule has 1 aromatic carbocycles. The number of hydrogen-bond donors (Lipinski definition) is 1. The summed E-state index contributed by atoms with van der Waals surface area (Å²) in [5.74, 6) is 0.217. The molecule has 2 bridgehead atoms. The zero-order valence-electron chi connectivity index (χ0n) is 11.3. The average molecular weight is 248 g/mol. The highest BCUT2D eigenvalue weighted by molar-refractivity contribution is 5.34. The van der Waals surface area contributed by atoms with Crippen molar-refractivity contribution in [1.29, 1.82) is 0 Å². The van der Waals surface area contributed by atoms with Gasteiger partial charge in [-0.3, -0.25) is 0 Å². The lowest BCUT2D eigenvalue weighted by atomic mass is 9.57. The molecule has 2 fully saturated rings. The van der Waals surface area contributed by atoms with Crippen molar-refractivity contribution in [2.75, 3.05) is 0 Å². The van der Waals surface area contributed by atoms with Crippen LogP contribution in [0.4, 0.5) is 4.39 Å². The minimum absolute atomic E-state index is 0.191. The Morgan fingerprint density at radius 3 is 2.44 bits per heavy atom. The second-order valence-electron chi connectivity index (χ2n) is 6.91. The second kappa shape index (κ2) is 3.36. The van der Waals surface area contributed by atoms with Crippen LogP contribution in [-0.2, 0) is 5.60 Å². The third kappa shape index (κ3) is 1.15. The lowest BCUT2D eigenvalue weighted by Gasteiger charge is -2.51. The van der Waals surface area contributed by atoms with Crippen molar-refractivity contribution in [2.45, 2.75) is 45.6 Å². The Bertz CT molecular complexity index is 489. The summed E-state index contributed by atoms with van der Waals surface area (Å²) < 4.78 is 14.2. The summed E-state index contributed by atoms with van der Waals surface area (Å²) >= 11 is 0. The van der Waals surface area contributed by atoms with Crippen LogP contribution in [0.15, 0.2) is 24.3 Å². The minimum Gasteiger partial charge on any atom is -0.384 e. The van der Waals surface area contributed by atoms with Gasteiger partial charge < -0.3 is 5.11 Å². The summed E-state index contributed by atoms with van der Waals surface area (Å²) in [6.45, 7) is 6.30. The quantitative estimate of drug-likeness (QED) is 0.800. The molecule has 1 aromatic rings. The molecule has 18 heavy (non-hydrogen) atoms. The fraction of sp³-hybridized carbons (Fsp3) is 0.625. The fourth-order valence-corrected chi connectivity index (χ4v) is 4.69. The molecule has 2 aliphatic rings. The highest BCUT2D eigenvalue weighted by Crippen LogP contribution is 2.71. The standard InChI is InChI=1S/C16H21FO/c1-14(2)11-8-9-15(3,10-11)16(14,18)12-6-4-5-7-13(12)17/h4-7,11,18H,8-10H2,1-3H3. The summed E-state index contributed by atoms with van der Waals surface area (Å²) in [4.78, 5) is 0. The number of benzene rings is 1. The van der Waals surface area contributed by atoms with Gasteiger partial charge in [-0.05, 0) is 31.2 Å². The number of fused-ring (bicyclic) bond motifs is 2. The SMILES string of the molecule is CC12CCC(C1)C(C)(C)C2(O)c1ccccc1F. The minimum atomic E-state index is -1.05. The molecule has 0 saturated heterocycles. The maximum atomic E-state index is 14.2. The second-order valence-corrected chi connectivity index (χ2v) is 6.91. The van der Waals surface area contributed by atoms with E-state index in [1.54, 1.807) is 12.1 Å². The average Bonchev–Trinajstić information content (AvgIpc) is 2.78. The first-order chi connectivity index (χ1) is 8.33. The largest absolute Gasteiger partial charge is 0.384 e. The summed E-state index contributed by atoms with van der Waals surface area (Å²) in [6.07, 6.45) is 3.15. The van der Waals surface area contributed by atoms with Crippen molar-refractivity contribution in [3.05, 3.63) is 35.6 Å². The lowest BCUT2D eigenvalue weighted by molar-refractivity contribution is -0.152. The number of halogens is 1. The van der Waals surface area contributed by atoms with Crippen LogP contribution >= 0.6 is 0 Å². The van der Waals surface area contributed by atoms with Crippen LogP contribution in [0.3, 0.4) is 0 Å². The van der Waals surface area contributed by atoms with E-state index in [0.29, 0.717) is 11.5 Å². The van der Waals surface area contributed by atoms with Gasteiger partial charge >= 0.3 is 0 Å². The van der Waals surface area contributed by atoms with Gasteiger partial charge in [0.2, 0.25) is 0 Å². The van der Waals surface area contributed by atoms with Gasteiger partial charge in [0.25, 0.3) is 0 Å². The van der Waals surface area contributed by atoms with Gasteiger partial charge in [0.1, 0.15) is 11.4 Å². The predicted octanol–water partition coefficient (Wildman–Crippen LogP) is 3.86. The Balaban J connectivity index is 2.23. The smallest absolute Gasteiger partial charge is 0.129 e. The van der Waals surface area contributed by atoms with Gasteiger partial charge in [-0.25, -0.2) is 4.39 Å². The van der Waals surface area contributed by atoms with Crippen LogP contribution in [0, 0.1) is 22.6 Å². The number of aliphatic hydroxyl groups is 1. The highest BCUT2D eigenvalue weighted by atomic mass is 19.1. The maximum absolute atomic E-state index is 14.2. The molecule has 2 heteroatoms. The van der Waals surface area contributed by atoms with Crippen molar-refractivity contribution in [1.82, 2.24) is 0 Å². The third-order valence-electron chi connectivity index (χ3n) is 5.83. The molecule has 0 radical (unpaired) electrons. The molecule has 0 aromatic heterocycles. The van der Waals surface area contributed by atoms with E-state index in [-0.39, 0.29) is 16.6 Å². The molecular weight excluding hydrogens is 227 g/mol. The van der Waals surface area contributed by atoms with Crippen molar-refractivity contribution < 1.29 is 9.50 Å². The first-order valence-corrected chi connectivity index (χ1v) is 6.80. The zero-order valence-corrected chi connectivity index (χ0v) is 11.3. The Labute approximate surface area is 108 Å². The monoisotopic (exact) mass is 248 g/mol. The maximum Gasteiger partial charge on any atom is 0.129 e. The summed E-state index contributed by atoms with van der Waals surface area (Å²) in [7, 11) is 0. The fourth-order valence-electron chi connectivity index (χ4n) is 4.69. The zero-order chi connectivity index (χ0) is 13.2. The molecular formula is C16H21FO. The molecule has 0 aliphatic heterocycles. The predicted molar refractivity (Wildman–Crippen MR) is 69.5 cm³/mol. The highest BCUT2D eigenvalue weighted by Gasteiger charge is 2.69. The van der Waals surface area contributed by atoms with E-state index in [9.17, 15) is 9.50 Å². The molecule has 0 spiro atoms. The van der Waals surface area contributed by atoms with Crippen molar-refractivity contribution >= 4 is 0 Å². The van der Waals surface area contributed by atoms with E-state index in [2.05, 4.69) is 20.8 Å². The number of rotatable bonds is 1. The molecule has 2 aliphatic carbocycles. The van der Waals surface area contributed by atoms with Crippen LogP contribution in [0.25, 0.3) is 0 Å². The van der Waals surface area contributed by atoms with Crippen LogP contribution in [0.2, 0.25) is 0 Å². The van der Waals surface area contributed by atoms with E-state index >= 15 is 0 Å². The van der Waals surface area contributed by atoms with Gasteiger partial charge in [-0.2, -0.15) is 0 Å². The van der Waals surface area contributed by atoms with E-state index < -0.39 is 5.60 Å². The first-order valence-electron chi connectivity index (χ1n) is 6.80. The molecule has 0 amide bonds. The van der Waals surface area contributed by atoms with Crippen LogP contribution in [0.5, 0.6) is 0 Å². The van der Waals surface area contributed by atoms with Gasteiger partial charge in [0, 0.05) is 16.4 Å². The molecule has 3 unspecified atom stereocenters. The van der Waals surface area contributed by atoms with Gasteiger partial charge in [-0.1, -0.05) is 39.0 Å². The normalized spacial score (nSPS) is 41.3. The summed E-state index contributed by atoms with van der Waals surface area (Å²) in [5, 5.41) is 11.4.